The Hall–Kier alpha value is -2.83. The molecule has 0 saturated carbocycles. The number of halogens is 1. The zero-order valence-electron chi connectivity index (χ0n) is 14.5. The molecule has 2 heterocycles. The smallest absolute Gasteiger partial charge is 0.274 e. The predicted octanol–water partition coefficient (Wildman–Crippen LogP) is 2.35. The number of aromatic nitrogens is 2. The number of likely N-dealkylation sites (tertiary alicyclic amines) is 1. The number of hydrogen-bond acceptors (Lipinski definition) is 4. The standard InChI is InChI=1S/C19H20FN3O3/c1-2-17(24)16-5-3-4-12-22(16)19(26)15-10-11-18(25)23(21-15)14-8-6-13(20)7-9-14/h6-11,16H,2-5,12H2,1H3. The van der Waals surface area contributed by atoms with Crippen LogP contribution in [-0.2, 0) is 4.79 Å². The number of ketones is 1. The molecule has 6 nitrogen and oxygen atoms in total. The van der Waals surface area contributed by atoms with Gasteiger partial charge in [0.15, 0.2) is 5.78 Å². The van der Waals surface area contributed by atoms with Crippen LogP contribution in [-0.4, -0.2) is 39.0 Å². The maximum Gasteiger partial charge on any atom is 0.274 e. The molecule has 0 spiro atoms. The largest absolute Gasteiger partial charge is 0.327 e. The van der Waals surface area contributed by atoms with Crippen molar-refractivity contribution in [3.63, 3.8) is 0 Å². The Kier molecular flexibility index (Phi) is 5.25. The molecule has 3 rings (SSSR count). The Labute approximate surface area is 150 Å². The van der Waals surface area contributed by atoms with Gasteiger partial charge in [-0.2, -0.15) is 9.78 Å². The van der Waals surface area contributed by atoms with E-state index in [1.807, 2.05) is 0 Å². The molecule has 1 aromatic heterocycles. The molecule has 136 valence electrons. The van der Waals surface area contributed by atoms with Crippen LogP contribution in [0.25, 0.3) is 5.69 Å². The van der Waals surface area contributed by atoms with Crippen molar-refractivity contribution in [2.24, 2.45) is 0 Å². The number of piperidine rings is 1. The minimum Gasteiger partial charge on any atom is -0.327 e. The lowest BCUT2D eigenvalue weighted by molar-refractivity contribution is -0.124. The first kappa shape index (κ1) is 18.0. The second-order valence-electron chi connectivity index (χ2n) is 6.28. The second kappa shape index (κ2) is 7.59. The number of carbonyl (C=O) groups excluding carboxylic acids is 2. The number of carbonyl (C=O) groups is 2. The maximum absolute atomic E-state index is 13.1. The maximum atomic E-state index is 13.1. The van der Waals surface area contributed by atoms with E-state index in [0.29, 0.717) is 25.1 Å². The van der Waals surface area contributed by atoms with E-state index in [0.717, 1.165) is 17.5 Å². The number of nitrogens with zero attached hydrogens (tertiary/aromatic N) is 3. The minimum absolute atomic E-state index is 0.0323. The molecular weight excluding hydrogens is 337 g/mol. The fourth-order valence-electron chi connectivity index (χ4n) is 3.18. The van der Waals surface area contributed by atoms with Gasteiger partial charge in [-0.15, -0.1) is 0 Å². The quantitative estimate of drug-likeness (QED) is 0.842. The molecule has 1 atom stereocenters. The van der Waals surface area contributed by atoms with Crippen molar-refractivity contribution in [1.82, 2.24) is 14.7 Å². The Morgan fingerprint density at radius 1 is 1.15 bits per heavy atom. The van der Waals surface area contributed by atoms with Gasteiger partial charge in [0, 0.05) is 19.0 Å². The highest BCUT2D eigenvalue weighted by Gasteiger charge is 2.32. The van der Waals surface area contributed by atoms with Gasteiger partial charge in [-0.3, -0.25) is 14.4 Å². The highest BCUT2D eigenvalue weighted by Crippen LogP contribution is 2.20. The average molecular weight is 357 g/mol. The van der Waals surface area contributed by atoms with Crippen LogP contribution in [0.1, 0.15) is 43.1 Å². The monoisotopic (exact) mass is 357 g/mol. The van der Waals surface area contributed by atoms with Crippen LogP contribution in [0.2, 0.25) is 0 Å². The molecule has 0 bridgehead atoms. The summed E-state index contributed by atoms with van der Waals surface area (Å²) in [6.07, 6.45) is 2.76. The highest BCUT2D eigenvalue weighted by atomic mass is 19.1. The molecule has 1 aliphatic rings. The third-order valence-electron chi connectivity index (χ3n) is 4.57. The van der Waals surface area contributed by atoms with E-state index in [4.69, 9.17) is 0 Å². The summed E-state index contributed by atoms with van der Waals surface area (Å²) in [5.41, 5.74) is 0.0311. The van der Waals surface area contributed by atoms with Crippen LogP contribution in [0.3, 0.4) is 0 Å². The number of Topliss-reactive ketones (excluding diaryl/α,β-unsaturated/α-hetero) is 1. The first-order valence-corrected chi connectivity index (χ1v) is 8.71. The van der Waals surface area contributed by atoms with E-state index < -0.39 is 17.4 Å². The summed E-state index contributed by atoms with van der Waals surface area (Å²) in [6, 6.07) is 7.47. The molecule has 1 saturated heterocycles. The Balaban J connectivity index is 1.94. The van der Waals surface area contributed by atoms with Gasteiger partial charge in [0.2, 0.25) is 0 Å². The third-order valence-corrected chi connectivity index (χ3v) is 4.57. The van der Waals surface area contributed by atoms with Crippen molar-refractivity contribution in [1.29, 1.82) is 0 Å². The van der Waals surface area contributed by atoms with Crippen molar-refractivity contribution in [2.45, 2.75) is 38.6 Å². The molecule has 7 heteroatoms. The molecule has 2 aromatic rings. The molecule has 1 aliphatic heterocycles. The third kappa shape index (κ3) is 3.56. The molecule has 1 unspecified atom stereocenters. The Bertz CT molecular complexity index is 876. The van der Waals surface area contributed by atoms with Gasteiger partial charge < -0.3 is 4.90 Å². The SMILES string of the molecule is CCC(=O)C1CCCCN1C(=O)c1ccc(=O)n(-c2ccc(F)cc2)n1. The zero-order chi connectivity index (χ0) is 18.7. The lowest BCUT2D eigenvalue weighted by atomic mass is 9.97. The normalized spacial score (nSPS) is 17.2. The van der Waals surface area contributed by atoms with Gasteiger partial charge in [-0.25, -0.2) is 4.39 Å². The van der Waals surface area contributed by atoms with Crippen LogP contribution < -0.4 is 5.56 Å². The first-order chi connectivity index (χ1) is 12.5. The summed E-state index contributed by atoms with van der Waals surface area (Å²) in [5, 5.41) is 4.15. The first-order valence-electron chi connectivity index (χ1n) is 8.71. The van der Waals surface area contributed by atoms with Gasteiger partial charge in [0.1, 0.15) is 11.5 Å². The van der Waals surface area contributed by atoms with Crippen LogP contribution in [0.4, 0.5) is 4.39 Å². The molecule has 1 aromatic carbocycles. The number of benzene rings is 1. The van der Waals surface area contributed by atoms with Gasteiger partial charge in [0.05, 0.1) is 11.7 Å². The fraction of sp³-hybridized carbons (Fsp3) is 0.368. The van der Waals surface area contributed by atoms with E-state index in [-0.39, 0.29) is 17.4 Å². The molecule has 26 heavy (non-hydrogen) atoms. The summed E-state index contributed by atoms with van der Waals surface area (Å²) in [7, 11) is 0. The molecule has 0 N–H and O–H groups in total. The fourth-order valence-corrected chi connectivity index (χ4v) is 3.18. The van der Waals surface area contributed by atoms with Gasteiger partial charge >= 0.3 is 0 Å². The van der Waals surface area contributed by atoms with E-state index >= 15 is 0 Å². The van der Waals surface area contributed by atoms with Crippen molar-refractivity contribution in [3.8, 4) is 5.69 Å². The zero-order valence-corrected chi connectivity index (χ0v) is 14.5. The summed E-state index contributed by atoms with van der Waals surface area (Å²) in [5.74, 6) is -0.763. The number of hydrogen-bond donors (Lipinski definition) is 0. The van der Waals surface area contributed by atoms with E-state index in [1.165, 1.54) is 36.4 Å². The van der Waals surface area contributed by atoms with Gasteiger partial charge in [-0.1, -0.05) is 6.92 Å². The molecule has 0 radical (unpaired) electrons. The second-order valence-corrected chi connectivity index (χ2v) is 6.28. The van der Waals surface area contributed by atoms with Crippen LogP contribution >= 0.6 is 0 Å². The van der Waals surface area contributed by atoms with Crippen molar-refractivity contribution >= 4 is 11.7 Å². The topological polar surface area (TPSA) is 72.3 Å². The molecule has 1 fully saturated rings. The molecule has 1 amide bonds. The van der Waals surface area contributed by atoms with E-state index in [1.54, 1.807) is 11.8 Å². The summed E-state index contributed by atoms with van der Waals surface area (Å²) in [6.45, 7) is 2.28. The van der Waals surface area contributed by atoms with Gasteiger partial charge in [0.25, 0.3) is 11.5 Å². The Morgan fingerprint density at radius 3 is 2.58 bits per heavy atom. The Morgan fingerprint density at radius 2 is 1.88 bits per heavy atom. The molecule has 0 aliphatic carbocycles. The lowest BCUT2D eigenvalue weighted by Gasteiger charge is -2.34. The highest BCUT2D eigenvalue weighted by molar-refractivity contribution is 5.96. The van der Waals surface area contributed by atoms with Crippen molar-refractivity contribution < 1.29 is 14.0 Å². The van der Waals surface area contributed by atoms with Crippen LogP contribution in [0.15, 0.2) is 41.2 Å². The van der Waals surface area contributed by atoms with Crippen molar-refractivity contribution in [2.75, 3.05) is 6.54 Å². The van der Waals surface area contributed by atoms with Crippen molar-refractivity contribution in [3.05, 3.63) is 58.3 Å². The molecular formula is C19H20FN3O3. The predicted molar refractivity (Wildman–Crippen MR) is 93.8 cm³/mol. The van der Waals surface area contributed by atoms with Crippen LogP contribution in [0.5, 0.6) is 0 Å². The minimum atomic E-state index is -0.436. The lowest BCUT2D eigenvalue weighted by Crippen LogP contribution is -2.48. The summed E-state index contributed by atoms with van der Waals surface area (Å²) < 4.78 is 14.2. The van der Waals surface area contributed by atoms with Gasteiger partial charge in [-0.05, 0) is 49.6 Å². The summed E-state index contributed by atoms with van der Waals surface area (Å²) in [4.78, 5) is 38.8. The van der Waals surface area contributed by atoms with E-state index in [9.17, 15) is 18.8 Å². The van der Waals surface area contributed by atoms with Crippen LogP contribution in [0, 0.1) is 5.82 Å². The number of amides is 1. The average Bonchev–Trinajstić information content (AvgIpc) is 2.68. The number of rotatable bonds is 4. The summed E-state index contributed by atoms with van der Waals surface area (Å²) >= 11 is 0. The van der Waals surface area contributed by atoms with E-state index in [2.05, 4.69) is 5.10 Å².